The van der Waals surface area contributed by atoms with Gasteiger partial charge in [0.1, 0.15) is 5.75 Å². The zero-order chi connectivity index (χ0) is 13.1. The quantitative estimate of drug-likeness (QED) is 0.624. The molecular formula is C13H13ClO4. The van der Waals surface area contributed by atoms with Crippen LogP contribution in [0.25, 0.3) is 0 Å². The molecule has 96 valence electrons. The SMILES string of the molecule is COc1ccc(Cl)cc1CC1CCC(=O)OC1=O. The number of methoxy groups -OCH3 is 1. The van der Waals surface area contributed by atoms with Gasteiger partial charge in [-0.1, -0.05) is 11.6 Å². The Balaban J connectivity index is 2.16. The lowest BCUT2D eigenvalue weighted by atomic mass is 9.93. The Morgan fingerprint density at radius 2 is 2.22 bits per heavy atom. The molecule has 1 heterocycles. The van der Waals surface area contributed by atoms with Crippen LogP contribution in [0.5, 0.6) is 5.75 Å². The molecular weight excluding hydrogens is 256 g/mol. The van der Waals surface area contributed by atoms with E-state index in [-0.39, 0.29) is 12.3 Å². The van der Waals surface area contributed by atoms with Gasteiger partial charge >= 0.3 is 11.9 Å². The number of hydrogen-bond donors (Lipinski definition) is 0. The van der Waals surface area contributed by atoms with Crippen molar-refractivity contribution in [3.63, 3.8) is 0 Å². The van der Waals surface area contributed by atoms with Gasteiger partial charge < -0.3 is 9.47 Å². The molecule has 1 fully saturated rings. The Hall–Kier alpha value is -1.55. The van der Waals surface area contributed by atoms with Gasteiger partial charge in [0.25, 0.3) is 0 Å². The van der Waals surface area contributed by atoms with E-state index in [9.17, 15) is 9.59 Å². The number of cyclic esters (lactones) is 2. The number of esters is 2. The number of benzene rings is 1. The summed E-state index contributed by atoms with van der Waals surface area (Å²) < 4.78 is 9.84. The average Bonchev–Trinajstić information content (AvgIpc) is 2.33. The first-order valence-electron chi connectivity index (χ1n) is 5.67. The number of rotatable bonds is 3. The standard InChI is InChI=1S/C13H13ClO4/c1-17-11-4-3-10(14)7-9(11)6-8-2-5-12(15)18-13(8)16/h3-4,7-8H,2,5-6H2,1H3. The summed E-state index contributed by atoms with van der Waals surface area (Å²) in [6.45, 7) is 0. The fourth-order valence-corrected chi connectivity index (χ4v) is 2.21. The Labute approximate surface area is 110 Å². The van der Waals surface area contributed by atoms with Gasteiger partial charge in [0.05, 0.1) is 13.0 Å². The van der Waals surface area contributed by atoms with Gasteiger partial charge in [0.2, 0.25) is 0 Å². The van der Waals surface area contributed by atoms with E-state index in [0.717, 1.165) is 5.56 Å². The van der Waals surface area contributed by atoms with Gasteiger partial charge in [-0.3, -0.25) is 9.59 Å². The second-order valence-corrected chi connectivity index (χ2v) is 4.63. The third-order valence-electron chi connectivity index (χ3n) is 2.95. The summed E-state index contributed by atoms with van der Waals surface area (Å²) in [4.78, 5) is 22.5. The maximum absolute atomic E-state index is 11.6. The van der Waals surface area contributed by atoms with Gasteiger partial charge in [0.15, 0.2) is 0 Å². The van der Waals surface area contributed by atoms with Crippen molar-refractivity contribution in [3.8, 4) is 5.75 Å². The molecule has 0 aliphatic carbocycles. The van der Waals surface area contributed by atoms with Gasteiger partial charge in [0, 0.05) is 11.4 Å². The van der Waals surface area contributed by atoms with Gasteiger partial charge in [-0.2, -0.15) is 0 Å². The molecule has 0 amide bonds. The largest absolute Gasteiger partial charge is 0.496 e. The van der Waals surface area contributed by atoms with Crippen molar-refractivity contribution in [3.05, 3.63) is 28.8 Å². The van der Waals surface area contributed by atoms with Crippen molar-refractivity contribution in [1.82, 2.24) is 0 Å². The van der Waals surface area contributed by atoms with Crippen LogP contribution in [0.1, 0.15) is 18.4 Å². The number of hydrogen-bond acceptors (Lipinski definition) is 4. The molecule has 0 N–H and O–H groups in total. The van der Waals surface area contributed by atoms with E-state index in [0.29, 0.717) is 23.6 Å². The van der Waals surface area contributed by atoms with E-state index in [2.05, 4.69) is 4.74 Å². The van der Waals surface area contributed by atoms with Crippen molar-refractivity contribution < 1.29 is 19.1 Å². The van der Waals surface area contributed by atoms with E-state index >= 15 is 0 Å². The minimum absolute atomic E-state index is 0.277. The number of ether oxygens (including phenoxy) is 2. The molecule has 1 aliphatic heterocycles. The molecule has 1 saturated heterocycles. The van der Waals surface area contributed by atoms with Crippen LogP contribution in [0.15, 0.2) is 18.2 Å². The lowest BCUT2D eigenvalue weighted by molar-refractivity contribution is -0.167. The summed E-state index contributed by atoms with van der Waals surface area (Å²) in [5, 5.41) is 0.589. The van der Waals surface area contributed by atoms with E-state index in [1.165, 1.54) is 0 Å². The predicted molar refractivity (Wildman–Crippen MR) is 65.5 cm³/mol. The Bertz CT molecular complexity index is 484. The van der Waals surface area contributed by atoms with E-state index in [1.54, 1.807) is 25.3 Å². The Kier molecular flexibility index (Phi) is 3.87. The monoisotopic (exact) mass is 268 g/mol. The molecule has 18 heavy (non-hydrogen) atoms. The summed E-state index contributed by atoms with van der Waals surface area (Å²) in [5.74, 6) is -0.540. The maximum atomic E-state index is 11.6. The van der Waals surface area contributed by atoms with Crippen LogP contribution < -0.4 is 4.74 Å². The number of halogens is 1. The maximum Gasteiger partial charge on any atom is 0.316 e. The Morgan fingerprint density at radius 1 is 1.44 bits per heavy atom. The molecule has 1 aliphatic rings. The zero-order valence-corrected chi connectivity index (χ0v) is 10.7. The fraction of sp³-hybridized carbons (Fsp3) is 0.385. The van der Waals surface area contributed by atoms with Gasteiger partial charge in [-0.15, -0.1) is 0 Å². The molecule has 0 saturated carbocycles. The van der Waals surface area contributed by atoms with Crippen LogP contribution in [0.3, 0.4) is 0 Å². The first kappa shape index (κ1) is 12.9. The van der Waals surface area contributed by atoms with Crippen LogP contribution in [0.2, 0.25) is 5.02 Å². The normalized spacial score (nSPS) is 19.6. The minimum atomic E-state index is -0.465. The summed E-state index contributed by atoms with van der Waals surface area (Å²) in [7, 11) is 1.56. The summed E-state index contributed by atoms with van der Waals surface area (Å²) in [5.41, 5.74) is 0.848. The second-order valence-electron chi connectivity index (χ2n) is 4.19. The molecule has 1 atom stereocenters. The predicted octanol–water partition coefficient (Wildman–Crippen LogP) is 2.37. The summed E-state index contributed by atoms with van der Waals surface area (Å²) >= 11 is 5.93. The minimum Gasteiger partial charge on any atom is -0.496 e. The van der Waals surface area contributed by atoms with Gasteiger partial charge in [-0.05, 0) is 36.6 Å². The lowest BCUT2D eigenvalue weighted by Crippen LogP contribution is -2.29. The van der Waals surface area contributed by atoms with Crippen molar-refractivity contribution in [1.29, 1.82) is 0 Å². The molecule has 0 radical (unpaired) electrons. The van der Waals surface area contributed by atoms with Crippen molar-refractivity contribution in [2.24, 2.45) is 5.92 Å². The molecule has 1 unspecified atom stereocenters. The van der Waals surface area contributed by atoms with Crippen molar-refractivity contribution >= 4 is 23.5 Å². The highest BCUT2D eigenvalue weighted by molar-refractivity contribution is 6.30. The number of carbonyl (C=O) groups excluding carboxylic acids is 2. The first-order valence-corrected chi connectivity index (χ1v) is 6.05. The summed E-state index contributed by atoms with van der Waals surface area (Å²) in [6, 6.07) is 5.26. The molecule has 0 spiro atoms. The van der Waals surface area contributed by atoms with Crippen molar-refractivity contribution in [2.45, 2.75) is 19.3 Å². The topological polar surface area (TPSA) is 52.6 Å². The molecule has 0 aromatic heterocycles. The molecule has 5 heteroatoms. The third-order valence-corrected chi connectivity index (χ3v) is 3.19. The smallest absolute Gasteiger partial charge is 0.316 e. The van der Waals surface area contributed by atoms with Crippen molar-refractivity contribution in [2.75, 3.05) is 7.11 Å². The number of carbonyl (C=O) groups is 2. The Morgan fingerprint density at radius 3 is 2.89 bits per heavy atom. The highest BCUT2D eigenvalue weighted by atomic mass is 35.5. The lowest BCUT2D eigenvalue weighted by Gasteiger charge is -2.20. The molecule has 1 aromatic carbocycles. The van der Waals surface area contributed by atoms with E-state index in [4.69, 9.17) is 16.3 Å². The van der Waals surface area contributed by atoms with Crippen LogP contribution in [-0.4, -0.2) is 19.0 Å². The molecule has 4 nitrogen and oxygen atoms in total. The second kappa shape index (κ2) is 5.40. The first-order chi connectivity index (χ1) is 8.60. The van der Waals surface area contributed by atoms with Gasteiger partial charge in [-0.25, -0.2) is 0 Å². The molecule has 0 bridgehead atoms. The average molecular weight is 269 g/mol. The molecule has 1 aromatic rings. The highest BCUT2D eigenvalue weighted by Gasteiger charge is 2.29. The zero-order valence-electron chi connectivity index (χ0n) is 9.94. The highest BCUT2D eigenvalue weighted by Crippen LogP contribution is 2.28. The van der Waals surface area contributed by atoms with Crippen LogP contribution in [0.4, 0.5) is 0 Å². The van der Waals surface area contributed by atoms with E-state index in [1.807, 2.05) is 0 Å². The van der Waals surface area contributed by atoms with E-state index < -0.39 is 11.9 Å². The third kappa shape index (κ3) is 2.82. The van der Waals surface area contributed by atoms with Crippen LogP contribution in [-0.2, 0) is 20.7 Å². The molecule has 2 rings (SSSR count). The summed E-state index contributed by atoms with van der Waals surface area (Å²) in [6.07, 6.45) is 1.25. The van der Waals surface area contributed by atoms with Crippen LogP contribution in [0, 0.1) is 5.92 Å². The fourth-order valence-electron chi connectivity index (χ4n) is 2.01. The van der Waals surface area contributed by atoms with Crippen LogP contribution >= 0.6 is 11.6 Å².